The predicted octanol–water partition coefficient (Wildman–Crippen LogP) is 4.47. The molecular weight excluding hydrogens is 252 g/mol. The van der Waals surface area contributed by atoms with Crippen molar-refractivity contribution in [1.82, 2.24) is 0 Å². The van der Waals surface area contributed by atoms with Gasteiger partial charge in [0.1, 0.15) is 11.2 Å². The maximum Gasteiger partial charge on any atom is 0.509 e. The zero-order valence-electron chi connectivity index (χ0n) is 13.1. The second-order valence-corrected chi connectivity index (χ2v) is 6.59. The maximum absolute atomic E-state index is 12.0. The predicted molar refractivity (Wildman–Crippen MR) is 80.3 cm³/mol. The summed E-state index contributed by atoms with van der Waals surface area (Å²) in [6.45, 7) is 11.4. The van der Waals surface area contributed by atoms with Crippen LogP contribution in [0, 0.1) is 18.3 Å². The molecule has 1 saturated carbocycles. The van der Waals surface area contributed by atoms with E-state index in [-0.39, 0.29) is 5.92 Å². The van der Waals surface area contributed by atoms with Crippen LogP contribution in [0.3, 0.4) is 0 Å². The van der Waals surface area contributed by atoms with Crippen LogP contribution >= 0.6 is 0 Å². The molecule has 0 N–H and O–H groups in total. The molecule has 1 aliphatic carbocycles. The highest BCUT2D eigenvalue weighted by molar-refractivity contribution is 5.62. The lowest BCUT2D eigenvalue weighted by atomic mass is 9.70. The summed E-state index contributed by atoms with van der Waals surface area (Å²) in [5.74, 6) is 2.83. The van der Waals surface area contributed by atoms with Crippen molar-refractivity contribution < 1.29 is 14.3 Å². The van der Waals surface area contributed by atoms with Crippen LogP contribution in [0.1, 0.15) is 59.8 Å². The summed E-state index contributed by atoms with van der Waals surface area (Å²) in [6.07, 6.45) is 9.27. The molecule has 3 nitrogen and oxygen atoms in total. The average Bonchev–Trinajstić information content (AvgIpc) is 2.29. The van der Waals surface area contributed by atoms with Crippen LogP contribution < -0.4 is 0 Å². The molecule has 0 aromatic carbocycles. The van der Waals surface area contributed by atoms with Crippen LogP contribution in [0.2, 0.25) is 0 Å². The molecule has 0 heterocycles. The van der Waals surface area contributed by atoms with Crippen LogP contribution in [0.15, 0.2) is 12.2 Å². The molecule has 1 rings (SSSR count). The van der Waals surface area contributed by atoms with Crippen molar-refractivity contribution in [3.8, 4) is 12.3 Å². The van der Waals surface area contributed by atoms with Gasteiger partial charge in [0.25, 0.3) is 0 Å². The minimum Gasteiger partial charge on any atom is -0.429 e. The van der Waals surface area contributed by atoms with Crippen LogP contribution in [-0.4, -0.2) is 17.4 Å². The summed E-state index contributed by atoms with van der Waals surface area (Å²) < 4.78 is 11.0. The molecule has 2 atom stereocenters. The molecule has 20 heavy (non-hydrogen) atoms. The maximum atomic E-state index is 12.0. The van der Waals surface area contributed by atoms with E-state index in [1.807, 2.05) is 27.7 Å². The van der Waals surface area contributed by atoms with Gasteiger partial charge in [0.05, 0.1) is 0 Å². The third-order valence-electron chi connectivity index (χ3n) is 3.75. The number of terminal acetylenes is 1. The van der Waals surface area contributed by atoms with Gasteiger partial charge in [0.15, 0.2) is 0 Å². The Hall–Kier alpha value is -1.43. The highest BCUT2D eigenvalue weighted by Gasteiger charge is 2.45. The van der Waals surface area contributed by atoms with Crippen LogP contribution in [-0.2, 0) is 9.47 Å². The van der Waals surface area contributed by atoms with Gasteiger partial charge >= 0.3 is 6.16 Å². The van der Waals surface area contributed by atoms with Gasteiger partial charge in [-0.2, -0.15) is 0 Å². The Morgan fingerprint density at radius 2 is 2.10 bits per heavy atom. The molecule has 3 heteroatoms. The first-order chi connectivity index (χ1) is 9.21. The first-order valence-electron chi connectivity index (χ1n) is 7.23. The van der Waals surface area contributed by atoms with Crippen molar-refractivity contribution in [1.29, 1.82) is 0 Å². The number of hydrogen-bond donors (Lipinski definition) is 0. The van der Waals surface area contributed by atoms with Gasteiger partial charge in [-0.15, -0.1) is 12.3 Å². The molecule has 0 amide bonds. The van der Waals surface area contributed by atoms with Gasteiger partial charge in [-0.3, -0.25) is 0 Å². The monoisotopic (exact) mass is 278 g/mol. The number of hydrogen-bond acceptors (Lipinski definition) is 3. The highest BCUT2D eigenvalue weighted by atomic mass is 16.7. The van der Waals surface area contributed by atoms with E-state index in [2.05, 4.69) is 12.5 Å². The number of ether oxygens (including phenoxy) is 2. The normalized spacial score (nSPS) is 26.4. The van der Waals surface area contributed by atoms with Crippen molar-refractivity contribution in [2.24, 2.45) is 5.92 Å². The third-order valence-corrected chi connectivity index (χ3v) is 3.75. The van der Waals surface area contributed by atoms with Crippen molar-refractivity contribution in [3.63, 3.8) is 0 Å². The molecule has 1 fully saturated rings. The topological polar surface area (TPSA) is 35.5 Å². The summed E-state index contributed by atoms with van der Waals surface area (Å²) in [6, 6.07) is 0. The number of rotatable bonds is 3. The van der Waals surface area contributed by atoms with Crippen LogP contribution in [0.5, 0.6) is 0 Å². The van der Waals surface area contributed by atoms with E-state index in [1.165, 1.54) is 0 Å². The Bertz CT molecular complexity index is 411. The van der Waals surface area contributed by atoms with E-state index in [9.17, 15) is 4.79 Å². The minimum absolute atomic E-state index is 0.131. The Morgan fingerprint density at radius 3 is 2.60 bits per heavy atom. The summed E-state index contributed by atoms with van der Waals surface area (Å²) in [4.78, 5) is 12.0. The molecule has 0 bridgehead atoms. The lowest BCUT2D eigenvalue weighted by Gasteiger charge is -2.43. The minimum atomic E-state index is -0.674. The van der Waals surface area contributed by atoms with Gasteiger partial charge in [0, 0.05) is 12.3 Å². The molecule has 0 aromatic heterocycles. The second kappa shape index (κ2) is 6.35. The molecule has 0 unspecified atom stereocenters. The second-order valence-electron chi connectivity index (χ2n) is 6.59. The van der Waals surface area contributed by atoms with Crippen molar-refractivity contribution in [2.45, 2.75) is 71.0 Å². The fourth-order valence-corrected chi connectivity index (χ4v) is 2.83. The summed E-state index contributed by atoms with van der Waals surface area (Å²) in [5, 5.41) is 0. The van der Waals surface area contributed by atoms with E-state index in [1.54, 1.807) is 0 Å². The van der Waals surface area contributed by atoms with E-state index >= 15 is 0 Å². The van der Waals surface area contributed by atoms with E-state index < -0.39 is 17.4 Å². The van der Waals surface area contributed by atoms with Crippen LogP contribution in [0.25, 0.3) is 0 Å². The molecule has 0 aromatic rings. The summed E-state index contributed by atoms with van der Waals surface area (Å²) >= 11 is 0. The number of carbonyl (C=O) groups excluding carboxylic acids is 1. The van der Waals surface area contributed by atoms with E-state index in [0.717, 1.165) is 31.3 Å². The Morgan fingerprint density at radius 1 is 1.45 bits per heavy atom. The molecule has 112 valence electrons. The van der Waals surface area contributed by atoms with Gasteiger partial charge in [-0.1, -0.05) is 13.0 Å². The Kier molecular flexibility index (Phi) is 5.28. The van der Waals surface area contributed by atoms with Gasteiger partial charge < -0.3 is 9.47 Å². The summed E-state index contributed by atoms with van der Waals surface area (Å²) in [7, 11) is 0. The van der Waals surface area contributed by atoms with Crippen molar-refractivity contribution in [2.75, 3.05) is 0 Å². The zero-order chi connectivity index (χ0) is 15.4. The Labute approximate surface area is 122 Å². The fourth-order valence-electron chi connectivity index (χ4n) is 2.83. The van der Waals surface area contributed by atoms with Crippen LogP contribution in [0.4, 0.5) is 4.79 Å². The summed E-state index contributed by atoms with van der Waals surface area (Å²) in [5.41, 5.74) is -0.389. The SMILES string of the molecule is C#CC[C@H]1CCCC[C@]1(OC(=O)OC(C)(C)C)C(=C)C. The van der Waals surface area contributed by atoms with E-state index in [0.29, 0.717) is 6.42 Å². The lowest BCUT2D eigenvalue weighted by Crippen LogP contribution is -2.46. The van der Waals surface area contributed by atoms with Gasteiger partial charge in [0.2, 0.25) is 0 Å². The first-order valence-corrected chi connectivity index (χ1v) is 7.23. The molecule has 0 spiro atoms. The Balaban J connectivity index is 2.93. The molecular formula is C17H26O3. The standard InChI is InChI=1S/C17H26O3/c1-7-10-14-11-8-9-12-17(14,13(2)3)20-15(18)19-16(4,5)6/h1,14H,2,8-12H2,3-6H3/t14-,17-/m0/s1. The molecule has 0 saturated heterocycles. The first kappa shape index (κ1) is 16.6. The zero-order valence-corrected chi connectivity index (χ0v) is 13.1. The molecule has 0 aliphatic heterocycles. The smallest absolute Gasteiger partial charge is 0.429 e. The largest absolute Gasteiger partial charge is 0.509 e. The van der Waals surface area contributed by atoms with Crippen molar-refractivity contribution >= 4 is 6.16 Å². The molecule has 0 radical (unpaired) electrons. The number of carbonyl (C=O) groups is 1. The molecule has 1 aliphatic rings. The van der Waals surface area contributed by atoms with Gasteiger partial charge in [-0.05, 0) is 52.5 Å². The average molecular weight is 278 g/mol. The highest BCUT2D eigenvalue weighted by Crippen LogP contribution is 2.43. The van der Waals surface area contributed by atoms with Gasteiger partial charge in [-0.25, -0.2) is 4.79 Å². The third kappa shape index (κ3) is 4.03. The van der Waals surface area contributed by atoms with E-state index in [4.69, 9.17) is 15.9 Å². The quantitative estimate of drug-likeness (QED) is 0.434. The van der Waals surface area contributed by atoms with Crippen molar-refractivity contribution in [3.05, 3.63) is 12.2 Å². The fraction of sp³-hybridized carbons (Fsp3) is 0.706. The lowest BCUT2D eigenvalue weighted by molar-refractivity contribution is -0.0859.